The van der Waals surface area contributed by atoms with Crippen LogP contribution in [0.3, 0.4) is 0 Å². The van der Waals surface area contributed by atoms with Crippen LogP contribution in [0.1, 0.15) is 19.4 Å². The Kier molecular flexibility index (Phi) is 5.18. The average Bonchev–Trinajstić information content (AvgIpc) is 2.35. The van der Waals surface area contributed by atoms with E-state index in [4.69, 9.17) is 5.11 Å². The Bertz CT molecular complexity index is 426. The molecular formula is C12H17FN2O3. The zero-order valence-corrected chi connectivity index (χ0v) is 10.4. The number of hydrogen-bond acceptors (Lipinski definition) is 4. The molecule has 0 spiro atoms. The van der Waals surface area contributed by atoms with E-state index < -0.39 is 16.4 Å². The number of aliphatic hydroxyl groups is 1. The molecule has 18 heavy (non-hydrogen) atoms. The molecule has 1 aromatic rings. The molecule has 0 amide bonds. The van der Waals surface area contributed by atoms with Crippen LogP contribution < -0.4 is 5.32 Å². The lowest BCUT2D eigenvalue weighted by molar-refractivity contribution is -0.387. The fraction of sp³-hybridized carbons (Fsp3) is 0.500. The summed E-state index contributed by atoms with van der Waals surface area (Å²) in [5, 5.41) is 22.6. The molecule has 100 valence electrons. The maximum Gasteiger partial charge on any atom is 0.305 e. The fourth-order valence-corrected chi connectivity index (χ4v) is 1.47. The van der Waals surface area contributed by atoms with Gasteiger partial charge in [0.2, 0.25) is 5.82 Å². The normalized spacial score (nSPS) is 14.2. The Morgan fingerprint density at radius 2 is 2.17 bits per heavy atom. The molecule has 0 heterocycles. The molecule has 0 aliphatic heterocycles. The van der Waals surface area contributed by atoms with Gasteiger partial charge in [-0.2, -0.15) is 4.39 Å². The quantitative estimate of drug-likeness (QED) is 0.601. The standard InChI is InChI=1S/C12H17FN2O3/c1-8(7-16)9(2)14-6-10-4-3-5-11(12(10)13)15(17)18/h3-5,8-9,14,16H,6-7H2,1-2H3. The third-order valence-corrected chi connectivity index (χ3v) is 3.01. The number of hydrogen-bond donors (Lipinski definition) is 2. The third-order valence-electron chi connectivity index (χ3n) is 3.01. The van der Waals surface area contributed by atoms with E-state index in [2.05, 4.69) is 5.32 Å². The van der Waals surface area contributed by atoms with Crippen molar-refractivity contribution in [3.63, 3.8) is 0 Å². The predicted octanol–water partition coefficient (Wildman–Crippen LogP) is 1.84. The van der Waals surface area contributed by atoms with Crippen molar-refractivity contribution in [2.45, 2.75) is 26.4 Å². The molecule has 1 rings (SSSR count). The lowest BCUT2D eigenvalue weighted by Gasteiger charge is -2.19. The maximum absolute atomic E-state index is 13.7. The van der Waals surface area contributed by atoms with Gasteiger partial charge in [0.25, 0.3) is 0 Å². The number of aliphatic hydroxyl groups excluding tert-OH is 1. The van der Waals surface area contributed by atoms with Crippen molar-refractivity contribution in [2.24, 2.45) is 5.92 Å². The average molecular weight is 256 g/mol. The van der Waals surface area contributed by atoms with Crippen LogP contribution in [-0.4, -0.2) is 22.7 Å². The summed E-state index contributed by atoms with van der Waals surface area (Å²) in [5.74, 6) is -0.773. The smallest absolute Gasteiger partial charge is 0.305 e. The fourth-order valence-electron chi connectivity index (χ4n) is 1.47. The number of nitro groups is 1. The maximum atomic E-state index is 13.7. The second kappa shape index (κ2) is 6.42. The summed E-state index contributed by atoms with van der Waals surface area (Å²) in [5.41, 5.74) is -0.265. The van der Waals surface area contributed by atoms with Crippen LogP contribution >= 0.6 is 0 Å². The summed E-state index contributed by atoms with van der Waals surface area (Å²) in [7, 11) is 0. The molecule has 2 atom stereocenters. The van der Waals surface area contributed by atoms with Crippen LogP contribution in [0.5, 0.6) is 0 Å². The SMILES string of the molecule is CC(CO)C(C)NCc1cccc([N+](=O)[O-])c1F. The van der Waals surface area contributed by atoms with E-state index in [0.717, 1.165) is 6.07 Å². The molecule has 2 N–H and O–H groups in total. The highest BCUT2D eigenvalue weighted by Gasteiger charge is 2.18. The number of nitrogens with zero attached hydrogens (tertiary/aromatic N) is 1. The van der Waals surface area contributed by atoms with Gasteiger partial charge in [0, 0.05) is 30.8 Å². The molecule has 0 fully saturated rings. The zero-order valence-electron chi connectivity index (χ0n) is 10.4. The highest BCUT2D eigenvalue weighted by atomic mass is 19.1. The first-order valence-corrected chi connectivity index (χ1v) is 5.73. The van der Waals surface area contributed by atoms with Gasteiger partial charge >= 0.3 is 5.69 Å². The monoisotopic (exact) mass is 256 g/mol. The van der Waals surface area contributed by atoms with E-state index in [1.54, 1.807) is 0 Å². The van der Waals surface area contributed by atoms with Crippen LogP contribution in [0.15, 0.2) is 18.2 Å². The Morgan fingerprint density at radius 1 is 1.50 bits per heavy atom. The summed E-state index contributed by atoms with van der Waals surface area (Å²) in [6, 6.07) is 4.09. The molecule has 0 bridgehead atoms. The van der Waals surface area contributed by atoms with Gasteiger partial charge < -0.3 is 10.4 Å². The lowest BCUT2D eigenvalue weighted by atomic mass is 10.0. The van der Waals surface area contributed by atoms with E-state index in [0.29, 0.717) is 0 Å². The van der Waals surface area contributed by atoms with E-state index in [1.807, 2.05) is 13.8 Å². The van der Waals surface area contributed by atoms with Crippen LogP contribution in [0, 0.1) is 21.8 Å². The Hall–Kier alpha value is -1.53. The van der Waals surface area contributed by atoms with Crippen molar-refractivity contribution in [3.8, 4) is 0 Å². The summed E-state index contributed by atoms with van der Waals surface area (Å²) in [6.45, 7) is 3.96. The van der Waals surface area contributed by atoms with Gasteiger partial charge in [0.1, 0.15) is 0 Å². The van der Waals surface area contributed by atoms with Crippen molar-refractivity contribution in [1.29, 1.82) is 0 Å². The van der Waals surface area contributed by atoms with Crippen molar-refractivity contribution < 1.29 is 14.4 Å². The zero-order chi connectivity index (χ0) is 13.7. The van der Waals surface area contributed by atoms with Crippen LogP contribution in [0.4, 0.5) is 10.1 Å². The summed E-state index contributed by atoms with van der Waals surface area (Å²) < 4.78 is 13.7. The number of nitro benzene ring substituents is 1. The first kappa shape index (κ1) is 14.5. The Labute approximate surface area is 105 Å². The molecule has 2 unspecified atom stereocenters. The molecule has 0 aromatic heterocycles. The first-order valence-electron chi connectivity index (χ1n) is 5.73. The second-order valence-corrected chi connectivity index (χ2v) is 4.34. The largest absolute Gasteiger partial charge is 0.396 e. The minimum Gasteiger partial charge on any atom is -0.396 e. The summed E-state index contributed by atoms with van der Waals surface area (Å²) in [6.07, 6.45) is 0. The van der Waals surface area contributed by atoms with E-state index in [9.17, 15) is 14.5 Å². The van der Waals surface area contributed by atoms with Crippen LogP contribution in [-0.2, 0) is 6.54 Å². The van der Waals surface area contributed by atoms with Gasteiger partial charge in [-0.1, -0.05) is 19.1 Å². The Balaban J connectivity index is 2.74. The molecule has 1 aromatic carbocycles. The van der Waals surface area contributed by atoms with Gasteiger partial charge in [-0.25, -0.2) is 0 Å². The number of benzene rings is 1. The molecule has 0 aliphatic carbocycles. The molecule has 0 saturated carbocycles. The highest BCUT2D eigenvalue weighted by molar-refractivity contribution is 5.36. The van der Waals surface area contributed by atoms with Gasteiger partial charge in [-0.3, -0.25) is 10.1 Å². The first-order chi connectivity index (χ1) is 8.47. The summed E-state index contributed by atoms with van der Waals surface area (Å²) >= 11 is 0. The molecule has 0 aliphatic rings. The number of nitrogens with one attached hydrogen (secondary N) is 1. The van der Waals surface area contributed by atoms with E-state index in [1.165, 1.54) is 12.1 Å². The Morgan fingerprint density at radius 3 is 2.72 bits per heavy atom. The lowest BCUT2D eigenvalue weighted by Crippen LogP contribution is -2.33. The van der Waals surface area contributed by atoms with Crippen LogP contribution in [0.25, 0.3) is 0 Å². The van der Waals surface area contributed by atoms with Crippen LogP contribution in [0.2, 0.25) is 0 Å². The predicted molar refractivity (Wildman–Crippen MR) is 65.6 cm³/mol. The second-order valence-electron chi connectivity index (χ2n) is 4.34. The summed E-state index contributed by atoms with van der Waals surface area (Å²) in [4.78, 5) is 9.84. The molecule has 6 heteroatoms. The highest BCUT2D eigenvalue weighted by Crippen LogP contribution is 2.20. The van der Waals surface area contributed by atoms with E-state index in [-0.39, 0.29) is 30.7 Å². The minimum absolute atomic E-state index is 0.00587. The molecule has 0 radical (unpaired) electrons. The third kappa shape index (κ3) is 3.48. The van der Waals surface area contributed by atoms with Crippen molar-refractivity contribution in [1.82, 2.24) is 5.32 Å². The van der Waals surface area contributed by atoms with Gasteiger partial charge in [0.15, 0.2) is 0 Å². The van der Waals surface area contributed by atoms with Crippen molar-refractivity contribution >= 4 is 5.69 Å². The van der Waals surface area contributed by atoms with Crippen molar-refractivity contribution in [2.75, 3.05) is 6.61 Å². The van der Waals surface area contributed by atoms with E-state index >= 15 is 0 Å². The van der Waals surface area contributed by atoms with Crippen molar-refractivity contribution in [3.05, 3.63) is 39.7 Å². The molecular weight excluding hydrogens is 239 g/mol. The number of rotatable bonds is 6. The van der Waals surface area contributed by atoms with Gasteiger partial charge in [-0.05, 0) is 12.8 Å². The van der Waals surface area contributed by atoms with Gasteiger partial charge in [-0.15, -0.1) is 0 Å². The molecule has 5 nitrogen and oxygen atoms in total. The topological polar surface area (TPSA) is 75.4 Å². The van der Waals surface area contributed by atoms with Gasteiger partial charge in [0.05, 0.1) is 4.92 Å². The molecule has 0 saturated heterocycles. The number of halogens is 1. The minimum atomic E-state index is -0.807.